The lowest BCUT2D eigenvalue weighted by Gasteiger charge is -2.02. The summed E-state index contributed by atoms with van der Waals surface area (Å²) < 4.78 is 12.9. The number of hydrogen-bond acceptors (Lipinski definition) is 7. The van der Waals surface area contributed by atoms with Crippen molar-refractivity contribution in [2.24, 2.45) is 5.10 Å². The van der Waals surface area contributed by atoms with E-state index in [4.69, 9.17) is 15.3 Å². The summed E-state index contributed by atoms with van der Waals surface area (Å²) in [6, 6.07) is 3.71. The molecular weight excluding hydrogens is 399 g/mol. The quantitative estimate of drug-likeness (QED) is 0.455. The van der Waals surface area contributed by atoms with Crippen molar-refractivity contribution in [2.45, 2.75) is 6.92 Å². The molecule has 0 amide bonds. The second kappa shape index (κ2) is 7.52. The van der Waals surface area contributed by atoms with Crippen LogP contribution in [0.4, 0.5) is 5.95 Å². The molecule has 0 saturated heterocycles. The molecule has 3 rings (SSSR count). The molecule has 0 saturated carbocycles. The van der Waals surface area contributed by atoms with E-state index >= 15 is 0 Å². The second-order valence-electron chi connectivity index (χ2n) is 4.04. The van der Waals surface area contributed by atoms with Crippen molar-refractivity contribution >= 4 is 52.9 Å². The lowest BCUT2D eigenvalue weighted by molar-refractivity contribution is 0.174. The van der Waals surface area contributed by atoms with Gasteiger partial charge in [0, 0.05) is 10.0 Å². The SMILES string of the molecule is Cc1nnc(N/N=C/c2cc(Br)cc3c2OCO3)n1N.Cl.Cl. The summed E-state index contributed by atoms with van der Waals surface area (Å²) >= 11 is 3.40. The standard InChI is InChI=1S/C11H11BrN6O2.2ClH/c1-6-15-17-11(18(6)13)16-14-4-7-2-8(12)3-9-10(7)20-5-19-9;;/h2-4H,5,13H2,1H3,(H,16,17);2*1H/b14-4+;;. The molecular formula is C11H13BrCl2N6O2. The van der Waals surface area contributed by atoms with Gasteiger partial charge in [-0.15, -0.1) is 35.0 Å². The molecule has 11 heteroatoms. The number of nitrogens with two attached hydrogens (primary N) is 1. The van der Waals surface area contributed by atoms with E-state index in [0.29, 0.717) is 23.3 Å². The lowest BCUT2D eigenvalue weighted by Crippen LogP contribution is -2.13. The van der Waals surface area contributed by atoms with Crippen LogP contribution < -0.4 is 20.7 Å². The summed E-state index contributed by atoms with van der Waals surface area (Å²) in [5.41, 5.74) is 3.49. The molecule has 0 aliphatic carbocycles. The summed E-state index contributed by atoms with van der Waals surface area (Å²) in [7, 11) is 0. The number of hydrazone groups is 1. The lowest BCUT2D eigenvalue weighted by atomic mass is 10.2. The van der Waals surface area contributed by atoms with Crippen molar-refractivity contribution in [3.63, 3.8) is 0 Å². The number of rotatable bonds is 3. The maximum Gasteiger partial charge on any atom is 0.263 e. The Morgan fingerprint density at radius 3 is 2.82 bits per heavy atom. The van der Waals surface area contributed by atoms with Gasteiger partial charge < -0.3 is 15.3 Å². The van der Waals surface area contributed by atoms with Crippen LogP contribution in [0.1, 0.15) is 11.4 Å². The van der Waals surface area contributed by atoms with Crippen LogP contribution in [0.3, 0.4) is 0 Å². The van der Waals surface area contributed by atoms with Gasteiger partial charge in [-0.2, -0.15) is 5.10 Å². The van der Waals surface area contributed by atoms with E-state index in [0.717, 1.165) is 10.0 Å². The summed E-state index contributed by atoms with van der Waals surface area (Å²) in [5.74, 6) is 7.97. The van der Waals surface area contributed by atoms with Crippen molar-refractivity contribution in [2.75, 3.05) is 18.1 Å². The zero-order chi connectivity index (χ0) is 14.1. The topological polar surface area (TPSA) is 99.6 Å². The number of anilines is 1. The highest BCUT2D eigenvalue weighted by atomic mass is 79.9. The third kappa shape index (κ3) is 3.54. The Bertz CT molecular complexity index is 693. The molecule has 2 heterocycles. The van der Waals surface area contributed by atoms with Crippen molar-refractivity contribution in [3.8, 4) is 11.5 Å². The molecule has 0 fully saturated rings. The van der Waals surface area contributed by atoms with Gasteiger partial charge in [0.1, 0.15) is 0 Å². The fourth-order valence-corrected chi connectivity index (χ4v) is 2.16. The average molecular weight is 412 g/mol. The molecule has 120 valence electrons. The molecule has 22 heavy (non-hydrogen) atoms. The van der Waals surface area contributed by atoms with E-state index in [2.05, 4.69) is 36.7 Å². The Kier molecular flexibility index (Phi) is 6.27. The van der Waals surface area contributed by atoms with Gasteiger partial charge >= 0.3 is 0 Å². The Labute approximate surface area is 147 Å². The zero-order valence-corrected chi connectivity index (χ0v) is 14.5. The summed E-state index contributed by atoms with van der Waals surface area (Å²) in [6.45, 7) is 1.95. The highest BCUT2D eigenvalue weighted by molar-refractivity contribution is 9.10. The number of nitrogen functional groups attached to an aromatic ring is 1. The van der Waals surface area contributed by atoms with Gasteiger partial charge in [-0.25, -0.2) is 10.1 Å². The predicted octanol–water partition coefficient (Wildman–Crippen LogP) is 2.08. The van der Waals surface area contributed by atoms with Crippen molar-refractivity contribution < 1.29 is 9.47 Å². The third-order valence-corrected chi connectivity index (χ3v) is 3.16. The van der Waals surface area contributed by atoms with Gasteiger partial charge in [0.05, 0.1) is 6.21 Å². The minimum atomic E-state index is 0. The van der Waals surface area contributed by atoms with Crippen LogP contribution in [-0.4, -0.2) is 27.9 Å². The number of aryl methyl sites for hydroxylation is 1. The number of nitrogens with one attached hydrogen (secondary N) is 1. The van der Waals surface area contributed by atoms with Crippen LogP contribution in [-0.2, 0) is 0 Å². The molecule has 0 atom stereocenters. The van der Waals surface area contributed by atoms with Crippen LogP contribution in [0.15, 0.2) is 21.7 Å². The predicted molar refractivity (Wildman–Crippen MR) is 90.9 cm³/mol. The van der Waals surface area contributed by atoms with E-state index in [1.807, 2.05) is 12.1 Å². The Morgan fingerprint density at radius 1 is 1.36 bits per heavy atom. The van der Waals surface area contributed by atoms with Gasteiger partial charge in [0.15, 0.2) is 17.3 Å². The second-order valence-corrected chi connectivity index (χ2v) is 4.96. The van der Waals surface area contributed by atoms with Crippen LogP contribution in [0.25, 0.3) is 0 Å². The zero-order valence-electron chi connectivity index (χ0n) is 11.3. The van der Waals surface area contributed by atoms with Crippen molar-refractivity contribution in [1.82, 2.24) is 14.9 Å². The van der Waals surface area contributed by atoms with Gasteiger partial charge in [-0.1, -0.05) is 15.9 Å². The highest BCUT2D eigenvalue weighted by Crippen LogP contribution is 2.37. The molecule has 3 N–H and O–H groups in total. The smallest absolute Gasteiger partial charge is 0.263 e. The van der Waals surface area contributed by atoms with Crippen molar-refractivity contribution in [3.05, 3.63) is 28.0 Å². The minimum absolute atomic E-state index is 0. The van der Waals surface area contributed by atoms with Gasteiger partial charge in [0.25, 0.3) is 5.95 Å². The molecule has 1 aliphatic heterocycles. The molecule has 0 unspecified atom stereocenters. The fraction of sp³-hybridized carbons (Fsp3) is 0.182. The van der Waals surface area contributed by atoms with Gasteiger partial charge in [-0.05, 0) is 19.1 Å². The van der Waals surface area contributed by atoms with E-state index in [1.165, 1.54) is 4.68 Å². The Hall–Kier alpha value is -1.71. The highest BCUT2D eigenvalue weighted by Gasteiger charge is 2.17. The number of ether oxygens (including phenoxy) is 2. The van der Waals surface area contributed by atoms with Crippen LogP contribution >= 0.6 is 40.7 Å². The molecule has 1 aromatic carbocycles. The number of aromatic nitrogens is 3. The van der Waals surface area contributed by atoms with E-state index < -0.39 is 0 Å². The molecule has 1 aromatic heterocycles. The molecule has 1 aliphatic rings. The number of fused-ring (bicyclic) bond motifs is 1. The largest absolute Gasteiger partial charge is 0.454 e. The average Bonchev–Trinajstić information content (AvgIpc) is 3.00. The first-order valence-corrected chi connectivity index (χ1v) is 6.50. The number of nitrogens with zero attached hydrogens (tertiary/aromatic N) is 4. The Morgan fingerprint density at radius 2 is 2.14 bits per heavy atom. The van der Waals surface area contributed by atoms with Gasteiger partial charge in [0.2, 0.25) is 6.79 Å². The maximum absolute atomic E-state index is 5.70. The van der Waals surface area contributed by atoms with E-state index in [9.17, 15) is 0 Å². The normalized spacial score (nSPS) is 11.9. The van der Waals surface area contributed by atoms with Gasteiger partial charge in [-0.3, -0.25) is 0 Å². The first kappa shape index (κ1) is 18.3. The number of hydrogen-bond donors (Lipinski definition) is 2. The van der Waals surface area contributed by atoms with Crippen LogP contribution in [0.2, 0.25) is 0 Å². The summed E-state index contributed by atoms with van der Waals surface area (Å²) in [6.07, 6.45) is 1.60. The summed E-state index contributed by atoms with van der Waals surface area (Å²) in [4.78, 5) is 0. The number of halogens is 3. The van der Waals surface area contributed by atoms with Crippen LogP contribution in [0, 0.1) is 6.92 Å². The first-order valence-electron chi connectivity index (χ1n) is 5.70. The molecule has 0 radical (unpaired) electrons. The van der Waals surface area contributed by atoms with Crippen molar-refractivity contribution in [1.29, 1.82) is 0 Å². The molecule has 0 spiro atoms. The molecule has 2 aromatic rings. The third-order valence-electron chi connectivity index (χ3n) is 2.70. The van der Waals surface area contributed by atoms with E-state index in [-0.39, 0.29) is 31.6 Å². The van der Waals surface area contributed by atoms with Crippen LogP contribution in [0.5, 0.6) is 11.5 Å². The van der Waals surface area contributed by atoms with E-state index in [1.54, 1.807) is 13.1 Å². The first-order chi connectivity index (χ1) is 9.65. The fourth-order valence-electron chi connectivity index (χ4n) is 1.70. The minimum Gasteiger partial charge on any atom is -0.454 e. The Balaban J connectivity index is 0.00000121. The molecule has 8 nitrogen and oxygen atoms in total. The molecule has 0 bridgehead atoms. The number of benzene rings is 1. The summed E-state index contributed by atoms with van der Waals surface area (Å²) in [5, 5.41) is 11.7. The monoisotopic (exact) mass is 410 g/mol. The maximum atomic E-state index is 5.70.